The third-order valence-electron chi connectivity index (χ3n) is 2.10. The van der Waals surface area contributed by atoms with Gasteiger partial charge in [-0.15, -0.1) is 16.2 Å². The van der Waals surface area contributed by atoms with Crippen LogP contribution in [0, 0.1) is 6.92 Å². The second-order valence-corrected chi connectivity index (χ2v) is 6.97. The Kier molecular flexibility index (Phi) is 5.08. The largest absolute Gasteiger partial charge is 0.312 e. The summed E-state index contributed by atoms with van der Waals surface area (Å²) in [5, 5.41) is 4.62. The molecule has 0 saturated carbocycles. The third kappa shape index (κ3) is 4.04. The van der Waals surface area contributed by atoms with Crippen LogP contribution in [-0.2, 0) is 16.6 Å². The van der Waals surface area contributed by atoms with Crippen LogP contribution in [0.15, 0.2) is 10.3 Å². The van der Waals surface area contributed by atoms with Crippen LogP contribution in [-0.4, -0.2) is 34.1 Å². The minimum absolute atomic E-state index is 0.358. The van der Waals surface area contributed by atoms with E-state index in [0.717, 1.165) is 17.0 Å². The molecule has 0 aromatic carbocycles. The molecule has 5 nitrogen and oxygen atoms in total. The fraction of sp³-hybridized carbons (Fsp3) is 0.600. The average molecular weight is 277 g/mol. The summed E-state index contributed by atoms with van der Waals surface area (Å²) >= 11 is 1.31. The van der Waals surface area contributed by atoms with E-state index in [1.54, 1.807) is 20.2 Å². The molecule has 17 heavy (non-hydrogen) atoms. The second-order valence-electron chi connectivity index (χ2n) is 3.94. The Hall–Kier alpha value is -0.470. The molecule has 2 N–H and O–H groups in total. The van der Waals surface area contributed by atoms with Crippen molar-refractivity contribution in [2.24, 2.45) is 0 Å². The van der Waals surface area contributed by atoms with Crippen molar-refractivity contribution in [2.45, 2.75) is 24.6 Å². The number of hydrogen-bond acceptors (Lipinski definition) is 5. The summed E-state index contributed by atoms with van der Waals surface area (Å²) in [5.41, 5.74) is 1.01. The van der Waals surface area contributed by atoms with Crippen molar-refractivity contribution in [2.75, 3.05) is 20.6 Å². The van der Waals surface area contributed by atoms with Gasteiger partial charge in [0.1, 0.15) is 4.21 Å². The minimum Gasteiger partial charge on any atom is -0.312 e. The predicted octanol–water partition coefficient (Wildman–Crippen LogP) is 0.921. The van der Waals surface area contributed by atoms with Crippen LogP contribution in [0.2, 0.25) is 0 Å². The van der Waals surface area contributed by atoms with E-state index in [0.29, 0.717) is 10.8 Å². The standard InChI is InChI=1S/C10H19N3O2S2/c1-5-11-7-9-8(2)6-10(16-9)17(14,15)12-13(3)4/h6,11-12H,5,7H2,1-4H3. The first-order chi connectivity index (χ1) is 7.86. The molecule has 1 rings (SSSR count). The van der Waals surface area contributed by atoms with E-state index in [-0.39, 0.29) is 0 Å². The number of rotatable bonds is 6. The molecule has 0 aliphatic heterocycles. The van der Waals surface area contributed by atoms with E-state index in [9.17, 15) is 8.42 Å². The molecule has 1 heterocycles. The normalized spacial score (nSPS) is 12.3. The van der Waals surface area contributed by atoms with Crippen LogP contribution in [0.25, 0.3) is 0 Å². The van der Waals surface area contributed by atoms with Gasteiger partial charge < -0.3 is 5.32 Å². The van der Waals surface area contributed by atoms with Crippen LogP contribution in [0.1, 0.15) is 17.4 Å². The van der Waals surface area contributed by atoms with Crippen molar-refractivity contribution in [3.05, 3.63) is 16.5 Å². The van der Waals surface area contributed by atoms with Gasteiger partial charge in [0, 0.05) is 25.5 Å². The lowest BCUT2D eigenvalue weighted by molar-refractivity contribution is 0.364. The first-order valence-corrected chi connectivity index (χ1v) is 7.66. The van der Waals surface area contributed by atoms with E-state index in [1.165, 1.54) is 16.3 Å². The van der Waals surface area contributed by atoms with Gasteiger partial charge in [0.25, 0.3) is 10.0 Å². The van der Waals surface area contributed by atoms with Gasteiger partial charge in [-0.1, -0.05) is 6.92 Å². The van der Waals surface area contributed by atoms with E-state index < -0.39 is 10.0 Å². The molecular formula is C10H19N3O2S2. The molecule has 0 unspecified atom stereocenters. The van der Waals surface area contributed by atoms with Gasteiger partial charge in [-0.05, 0) is 25.1 Å². The lowest BCUT2D eigenvalue weighted by Crippen LogP contribution is -2.35. The Bertz CT molecular complexity index is 466. The van der Waals surface area contributed by atoms with Gasteiger partial charge in [0.15, 0.2) is 0 Å². The van der Waals surface area contributed by atoms with Crippen LogP contribution in [0.4, 0.5) is 0 Å². The van der Waals surface area contributed by atoms with Crippen LogP contribution >= 0.6 is 11.3 Å². The summed E-state index contributed by atoms with van der Waals surface area (Å²) in [7, 11) is -0.119. The molecule has 0 spiro atoms. The number of aryl methyl sites for hydroxylation is 1. The molecule has 0 amide bonds. The van der Waals surface area contributed by atoms with E-state index in [4.69, 9.17) is 0 Å². The zero-order valence-corrected chi connectivity index (χ0v) is 12.2. The highest BCUT2D eigenvalue weighted by atomic mass is 32.2. The molecule has 0 radical (unpaired) electrons. The maximum atomic E-state index is 11.9. The molecule has 0 atom stereocenters. The monoisotopic (exact) mass is 277 g/mol. The highest BCUT2D eigenvalue weighted by Crippen LogP contribution is 2.25. The van der Waals surface area contributed by atoms with Crippen molar-refractivity contribution in [1.29, 1.82) is 0 Å². The van der Waals surface area contributed by atoms with Crippen LogP contribution in [0.3, 0.4) is 0 Å². The number of hydrazine groups is 1. The fourth-order valence-electron chi connectivity index (χ4n) is 1.32. The van der Waals surface area contributed by atoms with E-state index >= 15 is 0 Å². The predicted molar refractivity (Wildman–Crippen MR) is 70.4 cm³/mol. The maximum absolute atomic E-state index is 11.9. The summed E-state index contributed by atoms with van der Waals surface area (Å²) in [5.74, 6) is 0. The summed E-state index contributed by atoms with van der Waals surface area (Å²) < 4.78 is 24.2. The lowest BCUT2D eigenvalue weighted by atomic mass is 10.3. The van der Waals surface area contributed by atoms with E-state index in [2.05, 4.69) is 10.1 Å². The summed E-state index contributed by atoms with van der Waals surface area (Å²) in [4.78, 5) is 3.49. The zero-order valence-electron chi connectivity index (χ0n) is 10.6. The number of thiophene rings is 1. The smallest absolute Gasteiger partial charge is 0.262 e. The summed E-state index contributed by atoms with van der Waals surface area (Å²) in [6.07, 6.45) is 0. The molecule has 1 aromatic heterocycles. The first-order valence-electron chi connectivity index (χ1n) is 5.36. The van der Waals surface area contributed by atoms with Crippen LogP contribution < -0.4 is 10.1 Å². The Labute approximate surface area is 107 Å². The van der Waals surface area contributed by atoms with Gasteiger partial charge in [-0.25, -0.2) is 13.4 Å². The fourth-order valence-corrected chi connectivity index (χ4v) is 3.95. The van der Waals surface area contributed by atoms with Crippen molar-refractivity contribution >= 4 is 21.4 Å². The topological polar surface area (TPSA) is 61.4 Å². The van der Waals surface area contributed by atoms with Gasteiger partial charge in [-0.2, -0.15) is 0 Å². The molecule has 0 aliphatic rings. The van der Waals surface area contributed by atoms with Gasteiger partial charge in [0.05, 0.1) is 0 Å². The third-order valence-corrected chi connectivity index (χ3v) is 5.29. The summed E-state index contributed by atoms with van der Waals surface area (Å²) in [6.45, 7) is 5.53. The Balaban J connectivity index is 2.92. The average Bonchev–Trinajstić information content (AvgIpc) is 2.56. The van der Waals surface area contributed by atoms with Crippen molar-refractivity contribution in [3.63, 3.8) is 0 Å². The van der Waals surface area contributed by atoms with Gasteiger partial charge in [0.2, 0.25) is 0 Å². The van der Waals surface area contributed by atoms with Crippen molar-refractivity contribution < 1.29 is 8.42 Å². The van der Waals surface area contributed by atoms with Crippen LogP contribution in [0.5, 0.6) is 0 Å². The molecule has 1 aromatic rings. The Morgan fingerprint density at radius 1 is 1.41 bits per heavy atom. The first kappa shape index (κ1) is 14.6. The lowest BCUT2D eigenvalue weighted by Gasteiger charge is -2.10. The second kappa shape index (κ2) is 5.92. The molecular weight excluding hydrogens is 258 g/mol. The number of hydrogen-bond donors (Lipinski definition) is 2. The highest BCUT2D eigenvalue weighted by molar-refractivity contribution is 7.91. The molecule has 0 bridgehead atoms. The SMILES string of the molecule is CCNCc1sc(S(=O)(=O)NN(C)C)cc1C. The quantitative estimate of drug-likeness (QED) is 0.759. The van der Waals surface area contributed by atoms with Crippen molar-refractivity contribution in [1.82, 2.24) is 15.2 Å². The molecule has 0 saturated heterocycles. The number of sulfonamides is 1. The molecule has 98 valence electrons. The Morgan fingerprint density at radius 2 is 2.06 bits per heavy atom. The zero-order chi connectivity index (χ0) is 13.1. The molecule has 0 aliphatic carbocycles. The maximum Gasteiger partial charge on any atom is 0.262 e. The van der Waals surface area contributed by atoms with E-state index in [1.807, 2.05) is 13.8 Å². The summed E-state index contributed by atoms with van der Waals surface area (Å²) in [6, 6.07) is 1.71. The highest BCUT2D eigenvalue weighted by Gasteiger charge is 2.19. The minimum atomic E-state index is -3.42. The van der Waals surface area contributed by atoms with Gasteiger partial charge >= 0.3 is 0 Å². The molecule has 0 fully saturated rings. The molecule has 7 heteroatoms. The van der Waals surface area contributed by atoms with Gasteiger partial charge in [-0.3, -0.25) is 0 Å². The van der Waals surface area contributed by atoms with Crippen molar-refractivity contribution in [3.8, 4) is 0 Å². The Morgan fingerprint density at radius 3 is 2.59 bits per heavy atom. The number of nitrogens with zero attached hydrogens (tertiary/aromatic N) is 1. The number of nitrogens with one attached hydrogen (secondary N) is 2.